The topological polar surface area (TPSA) is 29.1 Å². The van der Waals surface area contributed by atoms with Gasteiger partial charge < -0.3 is 10.1 Å². The van der Waals surface area contributed by atoms with Gasteiger partial charge >= 0.3 is 0 Å². The molecule has 0 unspecified atom stereocenters. The lowest BCUT2D eigenvalue weighted by Crippen LogP contribution is -2.17. The number of carbonyl (C=O) groups excluding carboxylic acids is 1. The van der Waals surface area contributed by atoms with Crippen LogP contribution in [0.2, 0.25) is 0 Å². The molecule has 2 heteroatoms. The van der Waals surface area contributed by atoms with Crippen molar-refractivity contribution in [2.75, 3.05) is 13.1 Å². The summed E-state index contributed by atoms with van der Waals surface area (Å²) in [6.07, 6.45) is 7.57. The number of terminal acetylenes is 1. The molecule has 0 saturated carbocycles. The fourth-order valence-electron chi connectivity index (χ4n) is 0.476. The molecule has 0 aromatic carbocycles. The van der Waals surface area contributed by atoms with Crippen molar-refractivity contribution < 1.29 is 4.79 Å². The molecule has 0 radical (unpaired) electrons. The van der Waals surface area contributed by atoms with Crippen LogP contribution in [0.3, 0.4) is 0 Å². The first-order valence-electron chi connectivity index (χ1n) is 2.99. The van der Waals surface area contributed by atoms with Gasteiger partial charge in [0.15, 0.2) is 0 Å². The quantitative estimate of drug-likeness (QED) is 0.323. The summed E-state index contributed by atoms with van der Waals surface area (Å²) in [6.45, 7) is 1.27. The first kappa shape index (κ1) is 8.19. The number of nitrogens with one attached hydrogen (secondary N) is 1. The molecule has 2 nitrogen and oxygen atoms in total. The molecular formula is C7H11NO. The molecule has 0 aliphatic carbocycles. The minimum atomic E-state index is 0.435. The molecule has 0 bridgehead atoms. The number of hydrogen-bond acceptors (Lipinski definition) is 2. The summed E-state index contributed by atoms with van der Waals surface area (Å²) in [7, 11) is 0. The van der Waals surface area contributed by atoms with Crippen LogP contribution >= 0.6 is 0 Å². The molecule has 0 amide bonds. The Bertz CT molecular complexity index is 104. The molecule has 50 valence electrons. The Balaban J connectivity index is 2.76. The average Bonchev–Trinajstić information content (AvgIpc) is 1.89. The molecule has 0 heterocycles. The third kappa shape index (κ3) is 7.19. The first-order valence-corrected chi connectivity index (χ1v) is 2.99. The van der Waals surface area contributed by atoms with E-state index in [4.69, 9.17) is 6.42 Å². The monoisotopic (exact) mass is 125 g/mol. The molecule has 0 spiro atoms. The van der Waals surface area contributed by atoms with Crippen LogP contribution in [0.25, 0.3) is 0 Å². The second-order valence-electron chi connectivity index (χ2n) is 1.68. The van der Waals surface area contributed by atoms with Crippen LogP contribution in [0.5, 0.6) is 0 Å². The van der Waals surface area contributed by atoms with E-state index in [1.165, 1.54) is 0 Å². The number of aldehydes is 1. The van der Waals surface area contributed by atoms with E-state index >= 15 is 0 Å². The molecule has 9 heavy (non-hydrogen) atoms. The Morgan fingerprint density at radius 2 is 2.44 bits per heavy atom. The molecule has 1 N–H and O–H groups in total. The lowest BCUT2D eigenvalue weighted by atomic mass is 10.3. The van der Waals surface area contributed by atoms with Crippen LogP contribution in [0, 0.1) is 12.3 Å². The molecule has 0 fully saturated rings. The minimum absolute atomic E-state index is 0.435. The van der Waals surface area contributed by atoms with Gasteiger partial charge in [-0.05, 0) is 13.0 Å². The smallest absolute Gasteiger partial charge is 0.133 e. The fourth-order valence-corrected chi connectivity index (χ4v) is 0.476. The van der Waals surface area contributed by atoms with Crippen molar-refractivity contribution in [3.8, 4) is 12.3 Å². The molecular weight excluding hydrogens is 114 g/mol. The molecule has 0 aromatic rings. The van der Waals surface area contributed by atoms with Crippen molar-refractivity contribution in [2.45, 2.75) is 12.8 Å². The largest absolute Gasteiger partial charge is 0.310 e. The van der Waals surface area contributed by atoms with Gasteiger partial charge in [0.2, 0.25) is 0 Å². The van der Waals surface area contributed by atoms with Crippen molar-refractivity contribution in [3.05, 3.63) is 0 Å². The lowest BCUT2D eigenvalue weighted by molar-refractivity contribution is -0.107. The van der Waals surface area contributed by atoms with E-state index in [1.807, 2.05) is 0 Å². The summed E-state index contributed by atoms with van der Waals surface area (Å²) >= 11 is 0. The van der Waals surface area contributed by atoms with Crippen LogP contribution in [0.15, 0.2) is 0 Å². The molecule has 0 aromatic heterocycles. The van der Waals surface area contributed by atoms with Crippen molar-refractivity contribution in [3.63, 3.8) is 0 Å². The predicted octanol–water partition coefficient (Wildman–Crippen LogP) is 0.188. The highest BCUT2D eigenvalue weighted by molar-refractivity contribution is 5.51. The zero-order valence-corrected chi connectivity index (χ0v) is 5.39. The van der Waals surface area contributed by atoms with Crippen LogP contribution < -0.4 is 5.32 Å². The number of rotatable bonds is 5. The van der Waals surface area contributed by atoms with Gasteiger partial charge in [0.25, 0.3) is 0 Å². The molecule has 0 aliphatic rings. The van der Waals surface area contributed by atoms with Crippen LogP contribution in [0.1, 0.15) is 12.8 Å². The van der Waals surface area contributed by atoms with Crippen molar-refractivity contribution in [2.24, 2.45) is 0 Å². The van der Waals surface area contributed by atoms with Crippen molar-refractivity contribution in [1.29, 1.82) is 0 Å². The first-order chi connectivity index (χ1) is 4.41. The van der Waals surface area contributed by atoms with Gasteiger partial charge in [0.1, 0.15) is 6.29 Å². The van der Waals surface area contributed by atoms with E-state index in [0.717, 1.165) is 25.7 Å². The highest BCUT2D eigenvalue weighted by Crippen LogP contribution is 1.80. The van der Waals surface area contributed by atoms with Gasteiger partial charge in [-0.1, -0.05) is 0 Å². The molecule has 0 rings (SSSR count). The Morgan fingerprint density at radius 1 is 1.67 bits per heavy atom. The summed E-state index contributed by atoms with van der Waals surface area (Å²) in [4.78, 5) is 9.73. The van der Waals surface area contributed by atoms with Gasteiger partial charge in [-0.2, -0.15) is 0 Å². The van der Waals surface area contributed by atoms with Crippen LogP contribution in [-0.4, -0.2) is 19.4 Å². The summed E-state index contributed by atoms with van der Waals surface area (Å²) in [5.41, 5.74) is 0. The van der Waals surface area contributed by atoms with Gasteiger partial charge in [0, 0.05) is 6.42 Å². The Hall–Kier alpha value is -0.810. The predicted molar refractivity (Wildman–Crippen MR) is 37.0 cm³/mol. The number of hydrogen-bond donors (Lipinski definition) is 1. The zero-order valence-electron chi connectivity index (χ0n) is 5.39. The molecule has 0 aliphatic heterocycles. The normalized spacial score (nSPS) is 8.33. The van der Waals surface area contributed by atoms with E-state index in [9.17, 15) is 4.79 Å². The third-order valence-electron chi connectivity index (χ3n) is 0.902. The Kier molecular flexibility index (Phi) is 6.54. The second-order valence-corrected chi connectivity index (χ2v) is 1.68. The van der Waals surface area contributed by atoms with E-state index < -0.39 is 0 Å². The zero-order chi connectivity index (χ0) is 6.95. The van der Waals surface area contributed by atoms with Gasteiger partial charge in [0.05, 0.1) is 6.54 Å². The van der Waals surface area contributed by atoms with Gasteiger partial charge in [-0.3, -0.25) is 0 Å². The fraction of sp³-hybridized carbons (Fsp3) is 0.571. The average molecular weight is 125 g/mol. The van der Waals surface area contributed by atoms with E-state index in [2.05, 4.69) is 11.2 Å². The number of unbranched alkanes of at least 4 members (excludes halogenated alkanes) is 1. The summed E-state index contributed by atoms with van der Waals surface area (Å²) < 4.78 is 0. The summed E-state index contributed by atoms with van der Waals surface area (Å²) in [5.74, 6) is 2.52. The second kappa shape index (κ2) is 7.19. The van der Waals surface area contributed by atoms with Crippen LogP contribution in [-0.2, 0) is 4.79 Å². The number of carbonyl (C=O) groups is 1. The van der Waals surface area contributed by atoms with E-state index in [-0.39, 0.29) is 0 Å². The lowest BCUT2D eigenvalue weighted by Gasteiger charge is -1.94. The van der Waals surface area contributed by atoms with Crippen LogP contribution in [0.4, 0.5) is 0 Å². The van der Waals surface area contributed by atoms with Gasteiger partial charge in [-0.25, -0.2) is 0 Å². The standard InChI is InChI=1S/C7H11NO/c1-2-3-4-5-8-6-7-9/h1,7-8H,3-6H2. The molecule has 0 saturated heterocycles. The minimum Gasteiger partial charge on any atom is -0.310 e. The SMILES string of the molecule is C#CCCCNCC=O. The summed E-state index contributed by atoms with van der Waals surface area (Å²) in [6, 6.07) is 0. The Labute approximate surface area is 55.6 Å². The maximum atomic E-state index is 9.73. The van der Waals surface area contributed by atoms with E-state index in [1.54, 1.807) is 0 Å². The maximum absolute atomic E-state index is 9.73. The van der Waals surface area contributed by atoms with Gasteiger partial charge in [-0.15, -0.1) is 12.3 Å². The van der Waals surface area contributed by atoms with E-state index in [0.29, 0.717) is 6.54 Å². The maximum Gasteiger partial charge on any atom is 0.133 e. The molecule has 0 atom stereocenters. The highest BCUT2D eigenvalue weighted by Gasteiger charge is 1.82. The van der Waals surface area contributed by atoms with Crippen molar-refractivity contribution >= 4 is 6.29 Å². The van der Waals surface area contributed by atoms with Crippen molar-refractivity contribution in [1.82, 2.24) is 5.32 Å². The third-order valence-corrected chi connectivity index (χ3v) is 0.902. The Morgan fingerprint density at radius 3 is 3.00 bits per heavy atom. The summed E-state index contributed by atoms with van der Waals surface area (Å²) in [5, 5.41) is 2.91. The highest BCUT2D eigenvalue weighted by atomic mass is 16.1.